The largest absolute Gasteiger partial charge is 0.494 e. The minimum atomic E-state index is -0.497. The molecule has 7 nitrogen and oxygen atoms in total. The summed E-state index contributed by atoms with van der Waals surface area (Å²) in [7, 11) is 0. The summed E-state index contributed by atoms with van der Waals surface area (Å²) in [5, 5.41) is 10.3. The van der Waals surface area contributed by atoms with Gasteiger partial charge in [-0.3, -0.25) is 24.6 Å². The average molecular weight is 384 g/mol. The number of carbonyl (C=O) groups excluding carboxylic acids is 2. The molecule has 0 atom stereocenters. The van der Waals surface area contributed by atoms with Crippen LogP contribution in [0.3, 0.4) is 0 Å². The van der Waals surface area contributed by atoms with Gasteiger partial charge in [-0.25, -0.2) is 0 Å². The number of thioether (sulfide) groups is 1. The second-order valence-electron chi connectivity index (χ2n) is 5.70. The summed E-state index contributed by atoms with van der Waals surface area (Å²) < 4.78 is 5.44. The fourth-order valence-corrected chi connectivity index (χ4v) is 3.39. The van der Waals surface area contributed by atoms with E-state index in [1.165, 1.54) is 24.3 Å². The number of nitro groups is 1. The van der Waals surface area contributed by atoms with Gasteiger partial charge in [0.2, 0.25) is 0 Å². The fraction of sp³-hybridized carbons (Fsp3) is 0.158. The van der Waals surface area contributed by atoms with Crippen LogP contribution in [0.15, 0.2) is 53.4 Å². The van der Waals surface area contributed by atoms with Gasteiger partial charge in [-0.05, 0) is 48.0 Å². The summed E-state index contributed by atoms with van der Waals surface area (Å²) in [6.45, 7) is 2.49. The molecule has 1 fully saturated rings. The van der Waals surface area contributed by atoms with E-state index in [2.05, 4.69) is 0 Å². The van der Waals surface area contributed by atoms with Crippen LogP contribution in [0.25, 0.3) is 6.08 Å². The number of benzene rings is 2. The summed E-state index contributed by atoms with van der Waals surface area (Å²) in [5.41, 5.74) is 1.37. The summed E-state index contributed by atoms with van der Waals surface area (Å²) in [5.74, 6) is 0.307. The van der Waals surface area contributed by atoms with Crippen LogP contribution in [0.1, 0.15) is 18.1 Å². The third-order valence-electron chi connectivity index (χ3n) is 3.83. The van der Waals surface area contributed by atoms with Crippen molar-refractivity contribution in [2.24, 2.45) is 0 Å². The van der Waals surface area contributed by atoms with E-state index in [9.17, 15) is 19.7 Å². The van der Waals surface area contributed by atoms with Crippen molar-refractivity contribution in [3.8, 4) is 5.75 Å². The summed E-state index contributed by atoms with van der Waals surface area (Å²) in [6.07, 6.45) is 1.66. The van der Waals surface area contributed by atoms with E-state index >= 15 is 0 Å². The zero-order valence-electron chi connectivity index (χ0n) is 14.5. The molecule has 3 rings (SSSR count). The SMILES string of the molecule is CCOc1cccc(/C=C2\SC(=O)N(Cc3ccc([N+](=O)[O-])cc3)C2=O)c1. The minimum absolute atomic E-state index is 0.0398. The van der Waals surface area contributed by atoms with Crippen molar-refractivity contribution in [3.63, 3.8) is 0 Å². The molecule has 1 saturated heterocycles. The second-order valence-corrected chi connectivity index (χ2v) is 6.69. The third-order valence-corrected chi connectivity index (χ3v) is 4.74. The zero-order chi connectivity index (χ0) is 19.4. The number of imide groups is 1. The van der Waals surface area contributed by atoms with Gasteiger partial charge >= 0.3 is 0 Å². The Morgan fingerprint density at radius 2 is 1.93 bits per heavy atom. The van der Waals surface area contributed by atoms with E-state index in [0.29, 0.717) is 22.8 Å². The van der Waals surface area contributed by atoms with Crippen LogP contribution in [0.4, 0.5) is 10.5 Å². The molecule has 0 radical (unpaired) electrons. The van der Waals surface area contributed by atoms with Gasteiger partial charge in [0.25, 0.3) is 16.8 Å². The molecular weight excluding hydrogens is 368 g/mol. The van der Waals surface area contributed by atoms with E-state index in [-0.39, 0.29) is 23.4 Å². The Bertz CT molecular complexity index is 924. The van der Waals surface area contributed by atoms with Gasteiger partial charge in [0.1, 0.15) is 5.75 Å². The number of ether oxygens (including phenoxy) is 1. The molecule has 0 N–H and O–H groups in total. The first-order valence-corrected chi connectivity index (χ1v) is 9.01. The molecule has 27 heavy (non-hydrogen) atoms. The maximum Gasteiger partial charge on any atom is 0.293 e. The molecule has 1 heterocycles. The Kier molecular flexibility index (Phi) is 5.56. The summed E-state index contributed by atoms with van der Waals surface area (Å²) in [4.78, 5) is 36.5. The number of hydrogen-bond acceptors (Lipinski definition) is 6. The standard InChI is InChI=1S/C19H16N2O5S/c1-2-26-16-5-3-4-14(10-16)11-17-18(22)20(19(23)27-17)12-13-6-8-15(9-7-13)21(24)25/h3-11H,2,12H2,1H3/b17-11-. The van der Waals surface area contributed by atoms with Crippen molar-refractivity contribution in [1.29, 1.82) is 0 Å². The van der Waals surface area contributed by atoms with Crippen molar-refractivity contribution < 1.29 is 19.2 Å². The van der Waals surface area contributed by atoms with Gasteiger partial charge in [0.05, 0.1) is 23.0 Å². The Labute approximate surface area is 159 Å². The number of nitro benzene ring substituents is 1. The van der Waals surface area contributed by atoms with Crippen LogP contribution in [0.5, 0.6) is 5.75 Å². The van der Waals surface area contributed by atoms with E-state index in [1.807, 2.05) is 25.1 Å². The molecule has 2 aromatic carbocycles. The molecule has 0 aliphatic carbocycles. The molecule has 0 bridgehead atoms. The van der Waals surface area contributed by atoms with Crippen molar-refractivity contribution in [2.45, 2.75) is 13.5 Å². The number of amides is 2. The van der Waals surface area contributed by atoms with Gasteiger partial charge in [-0.1, -0.05) is 24.3 Å². The molecule has 2 amide bonds. The number of rotatable bonds is 6. The number of nitrogens with zero attached hydrogens (tertiary/aromatic N) is 2. The molecule has 1 aliphatic rings. The highest BCUT2D eigenvalue weighted by Gasteiger charge is 2.35. The Balaban J connectivity index is 1.76. The molecule has 2 aromatic rings. The Morgan fingerprint density at radius 1 is 1.19 bits per heavy atom. The fourth-order valence-electron chi connectivity index (χ4n) is 2.55. The first-order valence-electron chi connectivity index (χ1n) is 8.19. The van der Waals surface area contributed by atoms with Crippen molar-refractivity contribution >= 4 is 34.7 Å². The van der Waals surface area contributed by atoms with Crippen molar-refractivity contribution in [2.75, 3.05) is 6.61 Å². The minimum Gasteiger partial charge on any atom is -0.494 e. The first-order chi connectivity index (χ1) is 13.0. The van der Waals surface area contributed by atoms with Gasteiger partial charge in [0.15, 0.2) is 0 Å². The van der Waals surface area contributed by atoms with Crippen LogP contribution in [-0.2, 0) is 11.3 Å². The molecular formula is C19H16N2O5S. The normalized spacial score (nSPS) is 15.4. The number of carbonyl (C=O) groups is 2. The molecule has 0 unspecified atom stereocenters. The monoisotopic (exact) mass is 384 g/mol. The predicted octanol–water partition coefficient (Wildman–Crippen LogP) is 4.23. The van der Waals surface area contributed by atoms with Gasteiger partial charge < -0.3 is 4.74 Å². The summed E-state index contributed by atoms with van der Waals surface area (Å²) >= 11 is 0.873. The van der Waals surface area contributed by atoms with Crippen LogP contribution >= 0.6 is 11.8 Å². The smallest absolute Gasteiger partial charge is 0.293 e. The lowest BCUT2D eigenvalue weighted by Crippen LogP contribution is -2.27. The van der Waals surface area contributed by atoms with Crippen molar-refractivity contribution in [3.05, 3.63) is 74.7 Å². The average Bonchev–Trinajstić information content (AvgIpc) is 2.90. The highest BCUT2D eigenvalue weighted by Crippen LogP contribution is 2.33. The van der Waals surface area contributed by atoms with Crippen molar-refractivity contribution in [1.82, 2.24) is 4.90 Å². The lowest BCUT2D eigenvalue weighted by Gasteiger charge is -2.12. The van der Waals surface area contributed by atoms with Gasteiger partial charge in [0, 0.05) is 12.1 Å². The summed E-state index contributed by atoms with van der Waals surface area (Å²) in [6, 6.07) is 13.0. The predicted molar refractivity (Wildman–Crippen MR) is 102 cm³/mol. The first kappa shape index (κ1) is 18.7. The van der Waals surface area contributed by atoms with Crippen LogP contribution in [0.2, 0.25) is 0 Å². The van der Waals surface area contributed by atoms with Gasteiger partial charge in [-0.15, -0.1) is 0 Å². The van der Waals surface area contributed by atoms with Gasteiger partial charge in [-0.2, -0.15) is 0 Å². The zero-order valence-corrected chi connectivity index (χ0v) is 15.3. The quantitative estimate of drug-likeness (QED) is 0.421. The molecule has 1 aliphatic heterocycles. The van der Waals surface area contributed by atoms with E-state index in [4.69, 9.17) is 4.74 Å². The molecule has 0 saturated carbocycles. The maximum atomic E-state index is 12.6. The maximum absolute atomic E-state index is 12.6. The number of hydrogen-bond donors (Lipinski definition) is 0. The molecule has 138 valence electrons. The third kappa shape index (κ3) is 4.35. The van der Waals surface area contributed by atoms with Crippen LogP contribution < -0.4 is 4.74 Å². The molecule has 0 spiro atoms. The molecule has 0 aromatic heterocycles. The lowest BCUT2D eigenvalue weighted by atomic mass is 10.2. The highest BCUT2D eigenvalue weighted by molar-refractivity contribution is 8.18. The Morgan fingerprint density at radius 3 is 2.59 bits per heavy atom. The Hall–Kier alpha value is -3.13. The van der Waals surface area contributed by atoms with E-state index in [1.54, 1.807) is 12.1 Å². The van der Waals surface area contributed by atoms with E-state index < -0.39 is 4.92 Å². The lowest BCUT2D eigenvalue weighted by molar-refractivity contribution is -0.384. The topological polar surface area (TPSA) is 89.8 Å². The second kappa shape index (κ2) is 8.05. The number of non-ortho nitro benzene ring substituents is 1. The van der Waals surface area contributed by atoms with E-state index in [0.717, 1.165) is 22.2 Å². The van der Waals surface area contributed by atoms with Crippen LogP contribution in [0, 0.1) is 10.1 Å². The van der Waals surface area contributed by atoms with Crippen LogP contribution in [-0.4, -0.2) is 27.6 Å². The molecule has 8 heteroatoms. The highest BCUT2D eigenvalue weighted by atomic mass is 32.2.